The first kappa shape index (κ1) is 9.99. The van der Waals surface area contributed by atoms with Crippen molar-refractivity contribution in [3.63, 3.8) is 0 Å². The Morgan fingerprint density at radius 1 is 1.36 bits per heavy atom. The Labute approximate surface area is 89.3 Å². The molecule has 0 aliphatic heterocycles. The SMILES string of the molecule is NC1CCCC(Sc2ccccn2)C1. The lowest BCUT2D eigenvalue weighted by atomic mass is 9.96. The summed E-state index contributed by atoms with van der Waals surface area (Å²) < 4.78 is 0. The molecule has 2 unspecified atom stereocenters. The number of hydrogen-bond acceptors (Lipinski definition) is 3. The first-order valence-corrected chi connectivity index (χ1v) is 6.06. The Hall–Kier alpha value is -0.540. The van der Waals surface area contributed by atoms with Crippen molar-refractivity contribution in [2.45, 2.75) is 42.0 Å². The summed E-state index contributed by atoms with van der Waals surface area (Å²) >= 11 is 1.88. The average Bonchev–Trinajstić information content (AvgIpc) is 2.19. The van der Waals surface area contributed by atoms with Crippen LogP contribution in [-0.2, 0) is 0 Å². The number of hydrogen-bond donors (Lipinski definition) is 1. The summed E-state index contributed by atoms with van der Waals surface area (Å²) in [5, 5.41) is 1.81. The van der Waals surface area contributed by atoms with Gasteiger partial charge in [0.25, 0.3) is 0 Å². The quantitative estimate of drug-likeness (QED) is 0.811. The van der Waals surface area contributed by atoms with E-state index in [1.54, 1.807) is 0 Å². The van der Waals surface area contributed by atoms with Gasteiger partial charge in [0.1, 0.15) is 0 Å². The topological polar surface area (TPSA) is 38.9 Å². The maximum atomic E-state index is 5.95. The molecule has 2 atom stereocenters. The standard InChI is InChI=1S/C11H16N2S/c12-9-4-3-5-10(8-9)14-11-6-1-2-7-13-11/h1-2,6-7,9-10H,3-5,8,12H2. The van der Waals surface area contributed by atoms with Gasteiger partial charge >= 0.3 is 0 Å². The molecule has 0 amide bonds. The van der Waals surface area contributed by atoms with Crippen molar-refractivity contribution in [3.05, 3.63) is 24.4 Å². The van der Waals surface area contributed by atoms with E-state index < -0.39 is 0 Å². The summed E-state index contributed by atoms with van der Waals surface area (Å²) in [4.78, 5) is 4.32. The summed E-state index contributed by atoms with van der Waals surface area (Å²) in [6.45, 7) is 0. The van der Waals surface area contributed by atoms with E-state index in [2.05, 4.69) is 11.1 Å². The van der Waals surface area contributed by atoms with Crippen LogP contribution in [-0.4, -0.2) is 16.3 Å². The number of nitrogens with zero attached hydrogens (tertiary/aromatic N) is 1. The van der Waals surface area contributed by atoms with Gasteiger partial charge in [0.2, 0.25) is 0 Å². The van der Waals surface area contributed by atoms with Crippen LogP contribution in [0.4, 0.5) is 0 Å². The zero-order valence-corrected chi connectivity index (χ0v) is 9.04. The first-order valence-electron chi connectivity index (χ1n) is 5.18. The van der Waals surface area contributed by atoms with Crippen LogP contribution >= 0.6 is 11.8 Å². The fourth-order valence-electron chi connectivity index (χ4n) is 1.88. The van der Waals surface area contributed by atoms with Gasteiger partial charge in [0, 0.05) is 17.5 Å². The Morgan fingerprint density at radius 3 is 3.00 bits per heavy atom. The van der Waals surface area contributed by atoms with E-state index in [0.717, 1.165) is 11.4 Å². The lowest BCUT2D eigenvalue weighted by Gasteiger charge is -2.25. The summed E-state index contributed by atoms with van der Waals surface area (Å²) in [7, 11) is 0. The lowest BCUT2D eigenvalue weighted by molar-refractivity contribution is 0.451. The molecule has 2 rings (SSSR count). The minimum absolute atomic E-state index is 0.407. The Balaban J connectivity index is 1.91. The molecule has 0 bridgehead atoms. The predicted octanol–water partition coefficient (Wildman–Crippen LogP) is 2.44. The molecule has 1 saturated carbocycles. The van der Waals surface area contributed by atoms with E-state index >= 15 is 0 Å². The van der Waals surface area contributed by atoms with Gasteiger partial charge in [-0.25, -0.2) is 4.98 Å². The molecule has 3 heteroatoms. The third-order valence-electron chi connectivity index (χ3n) is 2.59. The summed E-state index contributed by atoms with van der Waals surface area (Å²) in [6.07, 6.45) is 6.74. The van der Waals surface area contributed by atoms with Crippen LogP contribution in [0.25, 0.3) is 0 Å². The van der Waals surface area contributed by atoms with Crippen LogP contribution in [0.2, 0.25) is 0 Å². The third kappa shape index (κ3) is 2.72. The fourth-order valence-corrected chi connectivity index (χ4v) is 3.12. The van der Waals surface area contributed by atoms with Crippen molar-refractivity contribution in [2.24, 2.45) is 5.73 Å². The highest BCUT2D eigenvalue weighted by atomic mass is 32.2. The highest BCUT2D eigenvalue weighted by molar-refractivity contribution is 7.99. The van der Waals surface area contributed by atoms with Crippen LogP contribution in [0.1, 0.15) is 25.7 Å². The van der Waals surface area contributed by atoms with E-state index in [1.807, 2.05) is 30.1 Å². The number of thioether (sulfide) groups is 1. The normalized spacial score (nSPS) is 27.5. The highest BCUT2D eigenvalue weighted by Gasteiger charge is 2.20. The van der Waals surface area contributed by atoms with Gasteiger partial charge in [-0.05, 0) is 31.4 Å². The number of pyridine rings is 1. The molecule has 1 aliphatic rings. The van der Waals surface area contributed by atoms with Crippen molar-refractivity contribution in [2.75, 3.05) is 0 Å². The molecule has 1 heterocycles. The number of nitrogens with two attached hydrogens (primary N) is 1. The fraction of sp³-hybridized carbons (Fsp3) is 0.545. The third-order valence-corrected chi connectivity index (χ3v) is 3.84. The van der Waals surface area contributed by atoms with Gasteiger partial charge in [-0.15, -0.1) is 11.8 Å². The van der Waals surface area contributed by atoms with Crippen LogP contribution in [0.15, 0.2) is 29.4 Å². The molecule has 0 aromatic carbocycles. The monoisotopic (exact) mass is 208 g/mol. The van der Waals surface area contributed by atoms with Crippen LogP contribution < -0.4 is 5.73 Å². The molecule has 0 spiro atoms. The zero-order valence-electron chi connectivity index (χ0n) is 8.23. The molecule has 2 N–H and O–H groups in total. The molecule has 0 radical (unpaired) electrons. The van der Waals surface area contributed by atoms with Gasteiger partial charge in [0.05, 0.1) is 5.03 Å². The minimum atomic E-state index is 0.407. The van der Waals surface area contributed by atoms with Crippen molar-refractivity contribution in [1.29, 1.82) is 0 Å². The maximum absolute atomic E-state index is 5.95. The van der Waals surface area contributed by atoms with Crippen molar-refractivity contribution in [1.82, 2.24) is 4.98 Å². The van der Waals surface area contributed by atoms with Gasteiger partial charge in [0.15, 0.2) is 0 Å². The van der Waals surface area contributed by atoms with Gasteiger partial charge in [-0.1, -0.05) is 12.5 Å². The Kier molecular flexibility index (Phi) is 3.43. The molecule has 1 aromatic rings. The van der Waals surface area contributed by atoms with Crippen molar-refractivity contribution < 1.29 is 0 Å². The van der Waals surface area contributed by atoms with E-state index in [1.165, 1.54) is 19.3 Å². The predicted molar refractivity (Wildman–Crippen MR) is 60.3 cm³/mol. The largest absolute Gasteiger partial charge is 0.328 e. The van der Waals surface area contributed by atoms with Crippen LogP contribution in [0.3, 0.4) is 0 Å². The number of aromatic nitrogens is 1. The Bertz CT molecular complexity index is 276. The molecular weight excluding hydrogens is 192 g/mol. The van der Waals surface area contributed by atoms with E-state index in [-0.39, 0.29) is 0 Å². The van der Waals surface area contributed by atoms with Crippen molar-refractivity contribution >= 4 is 11.8 Å². The van der Waals surface area contributed by atoms with Crippen LogP contribution in [0.5, 0.6) is 0 Å². The molecule has 1 aliphatic carbocycles. The van der Waals surface area contributed by atoms with Gasteiger partial charge < -0.3 is 5.73 Å². The second-order valence-corrected chi connectivity index (χ2v) is 5.16. The summed E-state index contributed by atoms with van der Waals surface area (Å²) in [5.74, 6) is 0. The molecule has 14 heavy (non-hydrogen) atoms. The zero-order chi connectivity index (χ0) is 9.80. The average molecular weight is 208 g/mol. The molecule has 76 valence electrons. The van der Waals surface area contributed by atoms with Gasteiger partial charge in [-0.3, -0.25) is 0 Å². The second kappa shape index (κ2) is 4.80. The summed E-state index contributed by atoms with van der Waals surface area (Å²) in [5.41, 5.74) is 5.95. The van der Waals surface area contributed by atoms with Crippen molar-refractivity contribution in [3.8, 4) is 0 Å². The van der Waals surface area contributed by atoms with E-state index in [0.29, 0.717) is 11.3 Å². The van der Waals surface area contributed by atoms with Gasteiger partial charge in [-0.2, -0.15) is 0 Å². The smallest absolute Gasteiger partial charge is 0.0962 e. The van der Waals surface area contributed by atoms with E-state index in [9.17, 15) is 0 Å². The summed E-state index contributed by atoms with van der Waals surface area (Å²) in [6, 6.07) is 6.48. The minimum Gasteiger partial charge on any atom is -0.328 e. The highest BCUT2D eigenvalue weighted by Crippen LogP contribution is 2.31. The van der Waals surface area contributed by atoms with E-state index in [4.69, 9.17) is 5.73 Å². The Morgan fingerprint density at radius 2 is 2.29 bits per heavy atom. The first-order chi connectivity index (χ1) is 6.84. The molecule has 2 nitrogen and oxygen atoms in total. The maximum Gasteiger partial charge on any atom is 0.0962 e. The lowest BCUT2D eigenvalue weighted by Crippen LogP contribution is -2.29. The van der Waals surface area contributed by atoms with Crippen LogP contribution in [0, 0.1) is 0 Å². The molecule has 0 saturated heterocycles. The molecule has 1 fully saturated rings. The molecular formula is C11H16N2S. The second-order valence-electron chi connectivity index (χ2n) is 3.83. The number of rotatable bonds is 2. The molecule has 1 aromatic heterocycles.